The third kappa shape index (κ3) is 2.65. The minimum Gasteiger partial charge on any atom is -0.302 e. The topological polar surface area (TPSA) is 22.0 Å². The Morgan fingerprint density at radius 1 is 1.11 bits per heavy atom. The van der Waals surface area contributed by atoms with Crippen molar-refractivity contribution in [2.45, 2.75) is 19.8 Å². The van der Waals surface area contributed by atoms with E-state index in [0.717, 1.165) is 24.0 Å². The quantitative estimate of drug-likeness (QED) is 0.773. The number of pyridine rings is 1. The lowest BCUT2D eigenvalue weighted by molar-refractivity contribution is 0.862. The predicted octanol–water partition coefficient (Wildman–Crippen LogP) is 3.66. The zero-order valence-electron chi connectivity index (χ0n) is 10.6. The van der Waals surface area contributed by atoms with Crippen LogP contribution in [0.5, 0.6) is 0 Å². The highest BCUT2D eigenvalue weighted by Crippen LogP contribution is 2.21. The fourth-order valence-electron chi connectivity index (χ4n) is 1.92. The maximum absolute atomic E-state index is 11.7. The van der Waals surface area contributed by atoms with E-state index in [2.05, 4.69) is 19.1 Å². The molecule has 0 amide bonds. The van der Waals surface area contributed by atoms with Crippen LogP contribution in [0.2, 0.25) is 5.15 Å². The number of halogens is 1. The van der Waals surface area contributed by atoms with E-state index in [1.54, 1.807) is 13.1 Å². The first-order chi connectivity index (χ1) is 8.61. The van der Waals surface area contributed by atoms with Gasteiger partial charge in [0.1, 0.15) is 5.15 Å². The molecule has 1 aromatic heterocycles. The average molecular weight is 262 g/mol. The summed E-state index contributed by atoms with van der Waals surface area (Å²) in [7, 11) is 1.67. The van der Waals surface area contributed by atoms with Gasteiger partial charge < -0.3 is 4.57 Å². The molecule has 94 valence electrons. The van der Waals surface area contributed by atoms with Gasteiger partial charge in [-0.05, 0) is 29.2 Å². The SMILES string of the molecule is CCCc1ccc(-c2cc(Cl)n(C)c(=O)c2)cc1. The normalized spacial score (nSPS) is 10.6. The van der Waals surface area contributed by atoms with Crippen LogP contribution < -0.4 is 5.56 Å². The maximum atomic E-state index is 11.7. The summed E-state index contributed by atoms with van der Waals surface area (Å²) in [5, 5.41) is 0.454. The van der Waals surface area contributed by atoms with Gasteiger partial charge in [0.2, 0.25) is 0 Å². The number of hydrogen-bond donors (Lipinski definition) is 0. The van der Waals surface area contributed by atoms with E-state index in [1.807, 2.05) is 18.2 Å². The standard InChI is InChI=1S/C15H16ClNO/c1-3-4-11-5-7-12(8-6-11)13-9-14(16)17(2)15(18)10-13/h5-10H,3-4H2,1-2H3. The van der Waals surface area contributed by atoms with Crippen molar-refractivity contribution in [3.63, 3.8) is 0 Å². The second kappa shape index (κ2) is 5.40. The first-order valence-corrected chi connectivity index (χ1v) is 6.45. The number of aromatic nitrogens is 1. The van der Waals surface area contributed by atoms with E-state index in [1.165, 1.54) is 10.1 Å². The minimum absolute atomic E-state index is 0.0878. The van der Waals surface area contributed by atoms with Gasteiger partial charge in [-0.3, -0.25) is 4.79 Å². The van der Waals surface area contributed by atoms with E-state index >= 15 is 0 Å². The molecule has 0 radical (unpaired) electrons. The lowest BCUT2D eigenvalue weighted by Gasteiger charge is -2.06. The molecule has 0 aliphatic heterocycles. The second-order valence-electron chi connectivity index (χ2n) is 4.41. The molecular weight excluding hydrogens is 246 g/mol. The van der Waals surface area contributed by atoms with Crippen molar-refractivity contribution in [1.82, 2.24) is 4.57 Å². The smallest absolute Gasteiger partial charge is 0.252 e. The average Bonchev–Trinajstić information content (AvgIpc) is 2.37. The van der Waals surface area contributed by atoms with E-state index < -0.39 is 0 Å². The summed E-state index contributed by atoms with van der Waals surface area (Å²) < 4.78 is 1.43. The van der Waals surface area contributed by atoms with Gasteiger partial charge in [0.15, 0.2) is 0 Å². The van der Waals surface area contributed by atoms with Gasteiger partial charge in [-0.1, -0.05) is 49.2 Å². The number of aryl methyl sites for hydroxylation is 1. The predicted molar refractivity (Wildman–Crippen MR) is 76.1 cm³/mol. The van der Waals surface area contributed by atoms with Gasteiger partial charge in [-0.15, -0.1) is 0 Å². The molecule has 0 saturated carbocycles. The minimum atomic E-state index is -0.0878. The molecule has 0 aliphatic rings. The van der Waals surface area contributed by atoms with Gasteiger partial charge in [0, 0.05) is 13.1 Å². The third-order valence-electron chi connectivity index (χ3n) is 3.03. The number of benzene rings is 1. The van der Waals surface area contributed by atoms with E-state index in [0.29, 0.717) is 5.15 Å². The summed E-state index contributed by atoms with van der Waals surface area (Å²) in [6.45, 7) is 2.16. The molecule has 0 N–H and O–H groups in total. The molecule has 0 spiro atoms. The molecule has 3 heteroatoms. The number of nitrogens with zero attached hydrogens (tertiary/aromatic N) is 1. The Balaban J connectivity index is 2.40. The molecule has 2 rings (SSSR count). The molecular formula is C15H16ClNO. The summed E-state index contributed by atoms with van der Waals surface area (Å²) in [6.07, 6.45) is 2.22. The van der Waals surface area contributed by atoms with Crippen molar-refractivity contribution in [1.29, 1.82) is 0 Å². The Kier molecular flexibility index (Phi) is 3.87. The van der Waals surface area contributed by atoms with Crippen molar-refractivity contribution < 1.29 is 0 Å². The first-order valence-electron chi connectivity index (χ1n) is 6.07. The van der Waals surface area contributed by atoms with Gasteiger partial charge in [-0.25, -0.2) is 0 Å². The summed E-state index contributed by atoms with van der Waals surface area (Å²) in [4.78, 5) is 11.7. The van der Waals surface area contributed by atoms with Crippen molar-refractivity contribution in [3.05, 3.63) is 57.5 Å². The zero-order chi connectivity index (χ0) is 13.1. The molecule has 0 aliphatic carbocycles. The molecule has 0 saturated heterocycles. The Bertz CT molecular complexity index is 599. The van der Waals surface area contributed by atoms with Crippen LogP contribution >= 0.6 is 11.6 Å². The second-order valence-corrected chi connectivity index (χ2v) is 4.80. The van der Waals surface area contributed by atoms with Crippen LogP contribution in [0.3, 0.4) is 0 Å². The molecule has 1 heterocycles. The highest BCUT2D eigenvalue weighted by Gasteiger charge is 2.04. The molecule has 0 bridgehead atoms. The van der Waals surface area contributed by atoms with Crippen LogP contribution in [0.25, 0.3) is 11.1 Å². The Labute approximate surface area is 112 Å². The number of hydrogen-bond acceptors (Lipinski definition) is 1. The number of rotatable bonds is 3. The molecule has 2 aromatic rings. The van der Waals surface area contributed by atoms with Gasteiger partial charge in [-0.2, -0.15) is 0 Å². The summed E-state index contributed by atoms with van der Waals surface area (Å²) in [6, 6.07) is 11.7. The van der Waals surface area contributed by atoms with Crippen LogP contribution in [0.1, 0.15) is 18.9 Å². The van der Waals surface area contributed by atoms with E-state index in [9.17, 15) is 4.79 Å². The maximum Gasteiger partial charge on any atom is 0.252 e. The highest BCUT2D eigenvalue weighted by atomic mass is 35.5. The van der Waals surface area contributed by atoms with Crippen molar-refractivity contribution >= 4 is 11.6 Å². The Morgan fingerprint density at radius 3 is 2.33 bits per heavy atom. The molecule has 0 unspecified atom stereocenters. The Hall–Kier alpha value is -1.54. The summed E-state index contributed by atoms with van der Waals surface area (Å²) in [5.74, 6) is 0. The molecule has 1 aromatic carbocycles. The first kappa shape index (κ1) is 12.9. The van der Waals surface area contributed by atoms with Crippen LogP contribution in [-0.4, -0.2) is 4.57 Å². The highest BCUT2D eigenvalue weighted by molar-refractivity contribution is 6.29. The third-order valence-corrected chi connectivity index (χ3v) is 3.39. The molecule has 2 nitrogen and oxygen atoms in total. The van der Waals surface area contributed by atoms with Crippen LogP contribution in [0.4, 0.5) is 0 Å². The monoisotopic (exact) mass is 261 g/mol. The van der Waals surface area contributed by atoms with Gasteiger partial charge >= 0.3 is 0 Å². The molecule has 0 fully saturated rings. The van der Waals surface area contributed by atoms with Crippen molar-refractivity contribution in [2.24, 2.45) is 7.05 Å². The zero-order valence-corrected chi connectivity index (χ0v) is 11.4. The van der Waals surface area contributed by atoms with Crippen molar-refractivity contribution in [3.8, 4) is 11.1 Å². The van der Waals surface area contributed by atoms with Crippen LogP contribution in [-0.2, 0) is 13.5 Å². The Morgan fingerprint density at radius 2 is 1.78 bits per heavy atom. The lowest BCUT2D eigenvalue weighted by atomic mass is 10.0. The van der Waals surface area contributed by atoms with Crippen molar-refractivity contribution in [2.75, 3.05) is 0 Å². The molecule has 18 heavy (non-hydrogen) atoms. The lowest BCUT2D eigenvalue weighted by Crippen LogP contribution is -2.15. The fourth-order valence-corrected chi connectivity index (χ4v) is 2.12. The molecule has 0 atom stereocenters. The van der Waals surface area contributed by atoms with Crippen LogP contribution in [0.15, 0.2) is 41.2 Å². The van der Waals surface area contributed by atoms with E-state index in [-0.39, 0.29) is 5.56 Å². The van der Waals surface area contributed by atoms with E-state index in [4.69, 9.17) is 11.6 Å². The largest absolute Gasteiger partial charge is 0.302 e. The van der Waals surface area contributed by atoms with Gasteiger partial charge in [0.05, 0.1) is 0 Å². The fraction of sp³-hybridized carbons (Fsp3) is 0.267. The summed E-state index contributed by atoms with van der Waals surface area (Å²) >= 11 is 6.01. The van der Waals surface area contributed by atoms with Crippen LogP contribution in [0, 0.1) is 0 Å². The van der Waals surface area contributed by atoms with Gasteiger partial charge in [0.25, 0.3) is 5.56 Å². The summed E-state index contributed by atoms with van der Waals surface area (Å²) in [5.41, 5.74) is 3.12.